The highest BCUT2D eigenvalue weighted by Crippen LogP contribution is 2.17. The van der Waals surface area contributed by atoms with Crippen molar-refractivity contribution in [1.29, 1.82) is 0 Å². The van der Waals surface area contributed by atoms with E-state index in [0.29, 0.717) is 0 Å². The second-order valence-electron chi connectivity index (χ2n) is 5.47. The minimum atomic E-state index is 0.829. The molecule has 0 aromatic heterocycles. The van der Waals surface area contributed by atoms with Crippen molar-refractivity contribution in [3.63, 3.8) is 0 Å². The summed E-state index contributed by atoms with van der Waals surface area (Å²) in [4.78, 5) is 5.01. The molecular weight excluding hydrogens is 210 g/mol. The van der Waals surface area contributed by atoms with Gasteiger partial charge in [0.25, 0.3) is 0 Å². The largest absolute Gasteiger partial charge is 0.315 e. The molecule has 0 aliphatic carbocycles. The molecule has 1 unspecified atom stereocenters. The van der Waals surface area contributed by atoms with Crippen LogP contribution in [0, 0.1) is 0 Å². The molecule has 1 heterocycles. The third-order valence-corrected chi connectivity index (χ3v) is 3.86. The van der Waals surface area contributed by atoms with Crippen LogP contribution in [-0.4, -0.2) is 62.7 Å². The van der Waals surface area contributed by atoms with E-state index in [2.05, 4.69) is 36.1 Å². The Balaban J connectivity index is 2.03. The van der Waals surface area contributed by atoms with Gasteiger partial charge in [-0.15, -0.1) is 0 Å². The lowest BCUT2D eigenvalue weighted by Gasteiger charge is -2.33. The van der Waals surface area contributed by atoms with Gasteiger partial charge in [0, 0.05) is 19.1 Å². The molecule has 1 atom stereocenters. The monoisotopic (exact) mass is 241 g/mol. The number of nitrogens with one attached hydrogen (secondary N) is 1. The van der Waals surface area contributed by atoms with Gasteiger partial charge in [-0.3, -0.25) is 0 Å². The number of nitrogens with zero attached hydrogens (tertiary/aromatic N) is 2. The Morgan fingerprint density at radius 2 is 2.06 bits per heavy atom. The van der Waals surface area contributed by atoms with Gasteiger partial charge < -0.3 is 15.1 Å². The highest BCUT2D eigenvalue weighted by molar-refractivity contribution is 4.75. The Bertz CT molecular complexity index is 184. The number of hydrogen-bond donors (Lipinski definition) is 1. The highest BCUT2D eigenvalue weighted by atomic mass is 15.2. The lowest BCUT2D eigenvalue weighted by molar-refractivity contribution is 0.160. The van der Waals surface area contributed by atoms with Crippen molar-refractivity contribution in [2.75, 3.05) is 46.8 Å². The zero-order valence-corrected chi connectivity index (χ0v) is 12.0. The van der Waals surface area contributed by atoms with Gasteiger partial charge in [0.2, 0.25) is 0 Å². The second-order valence-corrected chi connectivity index (χ2v) is 5.47. The van der Waals surface area contributed by atoms with Crippen LogP contribution in [0.4, 0.5) is 0 Å². The molecule has 0 saturated carbocycles. The summed E-state index contributed by atoms with van der Waals surface area (Å²) in [7, 11) is 4.53. The summed E-state index contributed by atoms with van der Waals surface area (Å²) in [6.07, 6.45) is 6.79. The lowest BCUT2D eigenvalue weighted by atomic mass is 10.00. The molecule has 1 saturated heterocycles. The third-order valence-electron chi connectivity index (χ3n) is 3.86. The molecule has 0 bridgehead atoms. The van der Waals surface area contributed by atoms with E-state index in [-0.39, 0.29) is 0 Å². The standard InChI is InChI=1S/C14H31N3/c1-4-9-15-10-13-16(2)12-8-14-7-5-6-11-17(14)3/h14-15H,4-13H2,1-3H3. The van der Waals surface area contributed by atoms with E-state index in [9.17, 15) is 0 Å². The smallest absolute Gasteiger partial charge is 0.0104 e. The number of likely N-dealkylation sites (tertiary alicyclic amines) is 1. The number of piperidine rings is 1. The maximum atomic E-state index is 3.46. The zero-order chi connectivity index (χ0) is 12.5. The summed E-state index contributed by atoms with van der Waals surface area (Å²) in [5.74, 6) is 0. The van der Waals surface area contributed by atoms with Crippen LogP contribution in [-0.2, 0) is 0 Å². The number of hydrogen-bond acceptors (Lipinski definition) is 3. The minimum absolute atomic E-state index is 0.829. The van der Waals surface area contributed by atoms with E-state index in [1.54, 1.807) is 0 Å². The molecule has 3 nitrogen and oxygen atoms in total. The Morgan fingerprint density at radius 1 is 1.24 bits per heavy atom. The van der Waals surface area contributed by atoms with Gasteiger partial charge in [-0.25, -0.2) is 0 Å². The summed E-state index contributed by atoms with van der Waals surface area (Å²) in [5, 5.41) is 3.46. The van der Waals surface area contributed by atoms with Crippen LogP contribution in [0.1, 0.15) is 39.0 Å². The van der Waals surface area contributed by atoms with Crippen molar-refractivity contribution in [2.45, 2.75) is 45.1 Å². The molecule has 1 aliphatic heterocycles. The molecule has 0 aromatic carbocycles. The van der Waals surface area contributed by atoms with Crippen molar-refractivity contribution in [3.05, 3.63) is 0 Å². The van der Waals surface area contributed by atoms with E-state index in [4.69, 9.17) is 0 Å². The van der Waals surface area contributed by atoms with Crippen molar-refractivity contribution in [2.24, 2.45) is 0 Å². The van der Waals surface area contributed by atoms with Gasteiger partial charge in [0.15, 0.2) is 0 Å². The average molecular weight is 241 g/mol. The van der Waals surface area contributed by atoms with Crippen LogP contribution in [0.15, 0.2) is 0 Å². The maximum Gasteiger partial charge on any atom is 0.0104 e. The van der Waals surface area contributed by atoms with Gasteiger partial charge >= 0.3 is 0 Å². The highest BCUT2D eigenvalue weighted by Gasteiger charge is 2.18. The summed E-state index contributed by atoms with van der Waals surface area (Å²) < 4.78 is 0. The first kappa shape index (κ1) is 14.9. The molecule has 1 fully saturated rings. The maximum absolute atomic E-state index is 3.46. The molecule has 102 valence electrons. The first-order valence-corrected chi connectivity index (χ1v) is 7.33. The van der Waals surface area contributed by atoms with E-state index >= 15 is 0 Å². The van der Waals surface area contributed by atoms with Crippen LogP contribution in [0.25, 0.3) is 0 Å². The first-order valence-electron chi connectivity index (χ1n) is 7.33. The molecule has 1 rings (SSSR count). The Hall–Kier alpha value is -0.120. The van der Waals surface area contributed by atoms with Gasteiger partial charge in [-0.1, -0.05) is 13.3 Å². The Kier molecular flexibility index (Phi) is 7.82. The van der Waals surface area contributed by atoms with E-state index < -0.39 is 0 Å². The van der Waals surface area contributed by atoms with Crippen molar-refractivity contribution < 1.29 is 0 Å². The molecule has 0 aromatic rings. The van der Waals surface area contributed by atoms with Crippen molar-refractivity contribution >= 4 is 0 Å². The fraction of sp³-hybridized carbons (Fsp3) is 1.00. The average Bonchev–Trinajstić information content (AvgIpc) is 2.34. The van der Waals surface area contributed by atoms with Gasteiger partial charge in [0.05, 0.1) is 0 Å². The topological polar surface area (TPSA) is 18.5 Å². The van der Waals surface area contributed by atoms with E-state index in [1.807, 2.05) is 0 Å². The summed E-state index contributed by atoms with van der Waals surface area (Å²) >= 11 is 0. The molecular formula is C14H31N3. The van der Waals surface area contributed by atoms with E-state index in [1.165, 1.54) is 51.7 Å². The van der Waals surface area contributed by atoms with Gasteiger partial charge in [-0.05, 0) is 59.4 Å². The third kappa shape index (κ3) is 6.39. The van der Waals surface area contributed by atoms with Crippen LogP contribution < -0.4 is 5.32 Å². The predicted octanol–water partition coefficient (Wildman–Crippen LogP) is 1.79. The summed E-state index contributed by atoms with van der Waals surface area (Å²) in [5.41, 5.74) is 0. The zero-order valence-electron chi connectivity index (χ0n) is 12.0. The Labute approximate surface area is 108 Å². The number of likely N-dealkylation sites (N-methyl/N-ethyl adjacent to an activating group) is 1. The van der Waals surface area contributed by atoms with Gasteiger partial charge in [-0.2, -0.15) is 0 Å². The molecule has 1 N–H and O–H groups in total. The molecule has 3 heteroatoms. The van der Waals surface area contributed by atoms with Crippen molar-refractivity contribution in [1.82, 2.24) is 15.1 Å². The van der Waals surface area contributed by atoms with Crippen LogP contribution >= 0.6 is 0 Å². The molecule has 1 aliphatic rings. The van der Waals surface area contributed by atoms with Crippen LogP contribution in [0.2, 0.25) is 0 Å². The van der Waals surface area contributed by atoms with Crippen LogP contribution in [0.3, 0.4) is 0 Å². The Morgan fingerprint density at radius 3 is 2.76 bits per heavy atom. The lowest BCUT2D eigenvalue weighted by Crippen LogP contribution is -2.39. The fourth-order valence-corrected chi connectivity index (χ4v) is 2.56. The summed E-state index contributed by atoms with van der Waals surface area (Å²) in [6, 6.07) is 0.829. The van der Waals surface area contributed by atoms with Crippen molar-refractivity contribution in [3.8, 4) is 0 Å². The fourth-order valence-electron chi connectivity index (χ4n) is 2.56. The summed E-state index contributed by atoms with van der Waals surface area (Å²) in [6.45, 7) is 8.21. The minimum Gasteiger partial charge on any atom is -0.315 e. The SMILES string of the molecule is CCCNCCN(C)CCC1CCCCN1C. The predicted molar refractivity (Wildman–Crippen MR) is 75.5 cm³/mol. The second kappa shape index (κ2) is 8.90. The molecule has 0 spiro atoms. The van der Waals surface area contributed by atoms with Gasteiger partial charge in [0.1, 0.15) is 0 Å². The van der Waals surface area contributed by atoms with E-state index in [0.717, 1.165) is 19.1 Å². The quantitative estimate of drug-likeness (QED) is 0.654. The number of rotatable bonds is 8. The molecule has 17 heavy (non-hydrogen) atoms. The molecule has 0 amide bonds. The normalized spacial score (nSPS) is 22.2. The molecule has 0 radical (unpaired) electrons. The first-order chi connectivity index (χ1) is 8.24. The van der Waals surface area contributed by atoms with Crippen LogP contribution in [0.5, 0.6) is 0 Å².